The van der Waals surface area contributed by atoms with Crippen molar-refractivity contribution < 1.29 is 18.3 Å². The molecule has 5 rings (SSSR count). The number of ether oxygens (including phenoxy) is 2. The lowest BCUT2D eigenvalue weighted by Crippen LogP contribution is -2.48. The molecule has 3 fully saturated rings. The predicted octanol–water partition coefficient (Wildman–Crippen LogP) is 2.75. The summed E-state index contributed by atoms with van der Waals surface area (Å²) in [5.74, 6) is 1.61. The number of nitrogens with two attached hydrogens (primary N) is 1. The number of likely N-dealkylation sites (tertiary alicyclic amines) is 1. The Morgan fingerprint density at radius 3 is 2.52 bits per heavy atom. The van der Waals surface area contributed by atoms with E-state index in [1.807, 2.05) is 0 Å². The van der Waals surface area contributed by atoms with Gasteiger partial charge in [0, 0.05) is 42.5 Å². The van der Waals surface area contributed by atoms with Gasteiger partial charge in [0.15, 0.2) is 11.6 Å². The van der Waals surface area contributed by atoms with Gasteiger partial charge in [-0.05, 0) is 37.8 Å². The summed E-state index contributed by atoms with van der Waals surface area (Å²) in [6.45, 7) is 5.17. The molecule has 2 aromatic rings. The third-order valence-corrected chi connectivity index (χ3v) is 6.35. The number of fused-ring (bicyclic) bond motifs is 1. The van der Waals surface area contributed by atoms with E-state index < -0.39 is 6.61 Å². The maximum Gasteiger partial charge on any atom is 0.387 e. The molecule has 2 aromatic heterocycles. The van der Waals surface area contributed by atoms with Crippen LogP contribution in [0.15, 0.2) is 18.3 Å². The molecule has 156 valence electrons. The molecule has 4 heterocycles. The van der Waals surface area contributed by atoms with E-state index in [1.165, 1.54) is 11.8 Å². The highest BCUT2D eigenvalue weighted by Crippen LogP contribution is 2.59. The molecule has 1 aliphatic carbocycles. The van der Waals surface area contributed by atoms with Gasteiger partial charge < -0.3 is 15.2 Å². The van der Waals surface area contributed by atoms with Gasteiger partial charge >= 0.3 is 6.61 Å². The number of nitrogen functional groups attached to an aromatic ring is 1. The molecule has 0 radical (unpaired) electrons. The quantitative estimate of drug-likeness (QED) is 0.796. The van der Waals surface area contributed by atoms with Crippen molar-refractivity contribution in [2.24, 2.45) is 11.8 Å². The molecule has 1 unspecified atom stereocenters. The van der Waals surface area contributed by atoms with Crippen LogP contribution in [0.5, 0.6) is 5.75 Å². The van der Waals surface area contributed by atoms with Gasteiger partial charge in [0.2, 0.25) is 0 Å². The number of halogens is 2. The predicted molar refractivity (Wildman–Crippen MR) is 103 cm³/mol. The second-order valence-corrected chi connectivity index (χ2v) is 8.48. The van der Waals surface area contributed by atoms with Crippen molar-refractivity contribution in [1.82, 2.24) is 19.7 Å². The van der Waals surface area contributed by atoms with Crippen LogP contribution in [0.2, 0.25) is 0 Å². The first-order valence-corrected chi connectivity index (χ1v) is 10.0. The summed E-state index contributed by atoms with van der Waals surface area (Å²) in [5, 5.41) is 4.76. The van der Waals surface area contributed by atoms with Crippen LogP contribution in [0, 0.1) is 11.8 Å². The van der Waals surface area contributed by atoms with Crippen LogP contribution >= 0.6 is 0 Å². The first-order chi connectivity index (χ1) is 13.9. The summed E-state index contributed by atoms with van der Waals surface area (Å²) in [5.41, 5.74) is 8.20. The highest BCUT2D eigenvalue weighted by molar-refractivity contribution is 5.64. The molecule has 29 heavy (non-hydrogen) atoms. The SMILES string of the molecule is CC(C)n1nc(-c2cnc(N)c(OC(F)F)c2)cc1C1[C@H]2CN(C3COC3)C[C@@H]12. The molecule has 2 saturated heterocycles. The fourth-order valence-electron chi connectivity index (χ4n) is 4.73. The number of aromatic nitrogens is 3. The zero-order valence-corrected chi connectivity index (χ0v) is 16.5. The van der Waals surface area contributed by atoms with E-state index in [0.717, 1.165) is 26.3 Å². The minimum atomic E-state index is -2.95. The van der Waals surface area contributed by atoms with Crippen molar-refractivity contribution in [3.8, 4) is 17.0 Å². The molecular weight excluding hydrogens is 380 g/mol. The molecule has 0 bridgehead atoms. The topological polar surface area (TPSA) is 78.4 Å². The Balaban J connectivity index is 1.40. The van der Waals surface area contributed by atoms with Crippen LogP contribution in [0.25, 0.3) is 11.3 Å². The second-order valence-electron chi connectivity index (χ2n) is 8.48. The van der Waals surface area contributed by atoms with Gasteiger partial charge in [-0.15, -0.1) is 0 Å². The average molecular weight is 405 g/mol. The lowest BCUT2D eigenvalue weighted by molar-refractivity contribution is -0.0610. The summed E-state index contributed by atoms with van der Waals surface area (Å²) >= 11 is 0. The van der Waals surface area contributed by atoms with Gasteiger partial charge in [-0.2, -0.15) is 13.9 Å². The fraction of sp³-hybridized carbons (Fsp3) is 0.600. The maximum absolute atomic E-state index is 12.6. The number of pyridine rings is 1. The Kier molecular flexibility index (Phi) is 4.47. The molecule has 7 nitrogen and oxygen atoms in total. The minimum absolute atomic E-state index is 0.0608. The zero-order valence-electron chi connectivity index (χ0n) is 16.5. The van der Waals surface area contributed by atoms with E-state index in [2.05, 4.69) is 39.2 Å². The lowest BCUT2D eigenvalue weighted by Gasteiger charge is -2.35. The summed E-state index contributed by atoms with van der Waals surface area (Å²) in [6, 6.07) is 4.34. The van der Waals surface area contributed by atoms with Crippen LogP contribution in [0.4, 0.5) is 14.6 Å². The number of hydrogen-bond acceptors (Lipinski definition) is 6. The van der Waals surface area contributed by atoms with E-state index in [1.54, 1.807) is 6.20 Å². The molecule has 0 aromatic carbocycles. The summed E-state index contributed by atoms with van der Waals surface area (Å²) in [6.07, 6.45) is 1.55. The Hall–Kier alpha value is -2.26. The highest BCUT2D eigenvalue weighted by atomic mass is 19.3. The number of alkyl halides is 2. The van der Waals surface area contributed by atoms with E-state index in [9.17, 15) is 8.78 Å². The van der Waals surface area contributed by atoms with Gasteiger partial charge in [0.25, 0.3) is 0 Å². The van der Waals surface area contributed by atoms with E-state index >= 15 is 0 Å². The van der Waals surface area contributed by atoms with Crippen molar-refractivity contribution in [2.75, 3.05) is 32.0 Å². The van der Waals surface area contributed by atoms with Crippen molar-refractivity contribution in [1.29, 1.82) is 0 Å². The third-order valence-electron chi connectivity index (χ3n) is 6.35. The summed E-state index contributed by atoms with van der Waals surface area (Å²) in [4.78, 5) is 6.55. The Morgan fingerprint density at radius 1 is 1.21 bits per heavy atom. The Morgan fingerprint density at radius 2 is 1.93 bits per heavy atom. The lowest BCUT2D eigenvalue weighted by atomic mass is 10.1. The molecule has 3 atom stereocenters. The van der Waals surface area contributed by atoms with Crippen molar-refractivity contribution in [3.63, 3.8) is 0 Å². The normalized spacial score (nSPS) is 26.8. The van der Waals surface area contributed by atoms with E-state index in [-0.39, 0.29) is 17.6 Å². The van der Waals surface area contributed by atoms with Crippen LogP contribution < -0.4 is 10.5 Å². The highest BCUT2D eigenvalue weighted by Gasteiger charge is 2.58. The standard InChI is InChI=1S/C20H25F2N5O2/c1-10(2)27-16(18-13-6-26(7-14(13)18)12-8-28-9-12)4-15(25-27)11-3-17(29-20(21)22)19(23)24-5-11/h3-5,10,12-14,18,20H,6-9H2,1-2H3,(H2,23,24)/t13-,14+,18?. The second kappa shape index (κ2) is 6.91. The van der Waals surface area contributed by atoms with E-state index in [4.69, 9.17) is 15.6 Å². The molecule has 0 amide bonds. The number of rotatable bonds is 6. The fourth-order valence-corrected chi connectivity index (χ4v) is 4.73. The molecule has 1 saturated carbocycles. The smallest absolute Gasteiger partial charge is 0.387 e. The van der Waals surface area contributed by atoms with Gasteiger partial charge in [0.05, 0.1) is 24.9 Å². The minimum Gasteiger partial charge on any atom is -0.431 e. The van der Waals surface area contributed by atoms with Crippen LogP contribution in [-0.2, 0) is 4.74 Å². The van der Waals surface area contributed by atoms with Gasteiger partial charge in [-0.3, -0.25) is 9.58 Å². The van der Waals surface area contributed by atoms with E-state index in [0.29, 0.717) is 35.1 Å². The average Bonchev–Trinajstić information content (AvgIpc) is 2.96. The molecule has 3 aliphatic rings. The molecule has 2 aliphatic heterocycles. The molecule has 0 spiro atoms. The van der Waals surface area contributed by atoms with Crippen molar-refractivity contribution in [3.05, 3.63) is 24.0 Å². The van der Waals surface area contributed by atoms with Gasteiger partial charge in [-0.25, -0.2) is 4.98 Å². The largest absolute Gasteiger partial charge is 0.431 e. The summed E-state index contributed by atoms with van der Waals surface area (Å²) in [7, 11) is 0. The maximum atomic E-state index is 12.6. The number of piperidine rings is 1. The molecular formula is C20H25F2N5O2. The van der Waals surface area contributed by atoms with Crippen LogP contribution in [0.3, 0.4) is 0 Å². The Bertz CT molecular complexity index is 902. The third kappa shape index (κ3) is 3.26. The van der Waals surface area contributed by atoms with Gasteiger partial charge in [-0.1, -0.05) is 0 Å². The number of hydrogen-bond donors (Lipinski definition) is 1. The summed E-state index contributed by atoms with van der Waals surface area (Å²) < 4.78 is 37.1. The monoisotopic (exact) mass is 405 g/mol. The molecule has 9 heteroatoms. The first-order valence-electron chi connectivity index (χ1n) is 10.0. The van der Waals surface area contributed by atoms with Crippen LogP contribution in [0.1, 0.15) is 31.5 Å². The van der Waals surface area contributed by atoms with Crippen molar-refractivity contribution >= 4 is 5.82 Å². The Labute approximate surface area is 167 Å². The van der Waals surface area contributed by atoms with Crippen LogP contribution in [-0.4, -0.2) is 58.6 Å². The molecule has 2 N–H and O–H groups in total. The zero-order chi connectivity index (χ0) is 20.3. The number of nitrogens with zero attached hydrogens (tertiary/aromatic N) is 4. The van der Waals surface area contributed by atoms with Gasteiger partial charge in [0.1, 0.15) is 0 Å². The number of anilines is 1. The first kappa shape index (κ1) is 18.7. The van der Waals surface area contributed by atoms with Crippen molar-refractivity contribution in [2.45, 2.75) is 38.5 Å².